The van der Waals surface area contributed by atoms with Gasteiger partial charge in [-0.15, -0.1) is 0 Å². The second kappa shape index (κ2) is 65.4. The van der Waals surface area contributed by atoms with Gasteiger partial charge in [-0.1, -0.05) is 340 Å². The standard InChI is InChI=1S/C70H132O6/c1-4-7-10-13-16-18-20-22-24-26-28-30-31-32-33-34-35-36-37-38-39-41-42-44-46-48-50-52-54-57-60-63-69(72)75-66-67(65-74-68(71)62-59-56-15-12-9-6-3)76-70(73)64-61-58-55-53-51-49-47-45-43-40-29-27-25-23-21-19-17-14-11-8-5-2/h20,22,26,28,67H,4-19,21,23-25,27,29-66H2,1-3H3/b22-20-,28-26-. The molecule has 0 aliphatic heterocycles. The summed E-state index contributed by atoms with van der Waals surface area (Å²) in [6.45, 7) is 6.64. The van der Waals surface area contributed by atoms with E-state index >= 15 is 0 Å². The minimum atomic E-state index is -0.764. The van der Waals surface area contributed by atoms with Crippen molar-refractivity contribution >= 4 is 17.9 Å². The molecule has 0 saturated heterocycles. The summed E-state index contributed by atoms with van der Waals surface area (Å²) in [6, 6.07) is 0. The zero-order valence-electron chi connectivity index (χ0n) is 51.6. The summed E-state index contributed by atoms with van der Waals surface area (Å²) in [5, 5.41) is 0. The zero-order chi connectivity index (χ0) is 55.0. The van der Waals surface area contributed by atoms with Crippen molar-refractivity contribution in [1.29, 1.82) is 0 Å². The largest absolute Gasteiger partial charge is 0.462 e. The van der Waals surface area contributed by atoms with Crippen molar-refractivity contribution in [3.05, 3.63) is 24.3 Å². The highest BCUT2D eigenvalue weighted by atomic mass is 16.6. The topological polar surface area (TPSA) is 78.9 Å². The maximum Gasteiger partial charge on any atom is 0.306 e. The molecule has 0 saturated carbocycles. The highest BCUT2D eigenvalue weighted by Gasteiger charge is 2.19. The summed E-state index contributed by atoms with van der Waals surface area (Å²) in [6.07, 6.45) is 79.6. The van der Waals surface area contributed by atoms with Gasteiger partial charge in [-0.3, -0.25) is 14.4 Å². The Balaban J connectivity index is 3.95. The molecular formula is C70H132O6. The van der Waals surface area contributed by atoms with E-state index in [1.54, 1.807) is 0 Å². The first-order chi connectivity index (χ1) is 37.5. The van der Waals surface area contributed by atoms with Crippen molar-refractivity contribution in [2.24, 2.45) is 0 Å². The minimum Gasteiger partial charge on any atom is -0.462 e. The number of allylic oxidation sites excluding steroid dienone is 4. The number of rotatable bonds is 64. The first-order valence-electron chi connectivity index (χ1n) is 34.3. The van der Waals surface area contributed by atoms with Crippen LogP contribution in [0.4, 0.5) is 0 Å². The van der Waals surface area contributed by atoms with Crippen molar-refractivity contribution in [2.45, 2.75) is 393 Å². The van der Waals surface area contributed by atoms with Crippen LogP contribution in [0, 0.1) is 0 Å². The SMILES string of the molecule is CCCCCCC/C=C\C/C=C\CCCCCCCCCCCCCCCCCCCCCC(=O)OCC(COC(=O)CCCCCCCC)OC(=O)CCCCCCCCCCCCCCCCCCCCCCC. The Morgan fingerprint density at radius 1 is 0.263 bits per heavy atom. The van der Waals surface area contributed by atoms with Gasteiger partial charge in [0.15, 0.2) is 6.10 Å². The Morgan fingerprint density at radius 2 is 0.474 bits per heavy atom. The molecule has 0 N–H and O–H groups in total. The lowest BCUT2D eigenvalue weighted by Crippen LogP contribution is -2.30. The molecule has 0 aliphatic rings. The smallest absolute Gasteiger partial charge is 0.306 e. The fourth-order valence-corrected chi connectivity index (χ4v) is 10.5. The number of ether oxygens (including phenoxy) is 3. The molecule has 0 fully saturated rings. The van der Waals surface area contributed by atoms with Gasteiger partial charge in [0.2, 0.25) is 0 Å². The summed E-state index contributed by atoms with van der Waals surface area (Å²) in [5.74, 6) is -0.846. The molecule has 0 aromatic heterocycles. The Bertz CT molecular complexity index is 1230. The van der Waals surface area contributed by atoms with Gasteiger partial charge >= 0.3 is 17.9 Å². The zero-order valence-corrected chi connectivity index (χ0v) is 51.6. The quantitative estimate of drug-likeness (QED) is 0.0261. The van der Waals surface area contributed by atoms with Crippen molar-refractivity contribution < 1.29 is 28.6 Å². The predicted octanol–water partition coefficient (Wildman–Crippen LogP) is 23.4. The van der Waals surface area contributed by atoms with Gasteiger partial charge in [0.25, 0.3) is 0 Å². The van der Waals surface area contributed by atoms with Gasteiger partial charge in [-0.2, -0.15) is 0 Å². The molecule has 1 atom stereocenters. The van der Waals surface area contributed by atoms with Crippen LogP contribution in [-0.2, 0) is 28.6 Å². The first-order valence-corrected chi connectivity index (χ1v) is 34.3. The van der Waals surface area contributed by atoms with E-state index in [-0.39, 0.29) is 31.1 Å². The second-order valence-corrected chi connectivity index (χ2v) is 23.5. The van der Waals surface area contributed by atoms with Crippen LogP contribution in [0.5, 0.6) is 0 Å². The van der Waals surface area contributed by atoms with Crippen molar-refractivity contribution in [2.75, 3.05) is 13.2 Å². The molecule has 0 aliphatic carbocycles. The van der Waals surface area contributed by atoms with Crippen LogP contribution in [-0.4, -0.2) is 37.2 Å². The molecule has 0 bridgehead atoms. The van der Waals surface area contributed by atoms with Crippen molar-refractivity contribution in [3.8, 4) is 0 Å². The van der Waals surface area contributed by atoms with Gasteiger partial charge in [0.05, 0.1) is 0 Å². The van der Waals surface area contributed by atoms with E-state index in [1.807, 2.05) is 0 Å². The van der Waals surface area contributed by atoms with Crippen LogP contribution in [0.15, 0.2) is 24.3 Å². The molecule has 0 aromatic rings. The number of carbonyl (C=O) groups is 3. The van der Waals surface area contributed by atoms with E-state index in [2.05, 4.69) is 45.1 Å². The number of hydrogen-bond donors (Lipinski definition) is 0. The number of carbonyl (C=O) groups excluding carboxylic acids is 3. The Morgan fingerprint density at radius 3 is 0.724 bits per heavy atom. The average molecular weight is 1070 g/mol. The molecule has 0 spiro atoms. The van der Waals surface area contributed by atoms with Gasteiger partial charge in [0, 0.05) is 19.3 Å². The maximum absolute atomic E-state index is 12.9. The van der Waals surface area contributed by atoms with Gasteiger partial charge in [-0.25, -0.2) is 0 Å². The number of hydrogen-bond acceptors (Lipinski definition) is 6. The molecular weight excluding hydrogens is 937 g/mol. The first kappa shape index (κ1) is 73.9. The Kier molecular flexibility index (Phi) is 63.6. The van der Waals surface area contributed by atoms with E-state index in [4.69, 9.17) is 14.2 Å². The summed E-state index contributed by atoms with van der Waals surface area (Å²) < 4.78 is 16.8. The molecule has 6 nitrogen and oxygen atoms in total. The van der Waals surface area contributed by atoms with E-state index in [0.29, 0.717) is 19.3 Å². The second-order valence-electron chi connectivity index (χ2n) is 23.5. The summed E-state index contributed by atoms with van der Waals surface area (Å²) in [7, 11) is 0. The van der Waals surface area contributed by atoms with Gasteiger partial charge in [-0.05, 0) is 51.4 Å². The summed E-state index contributed by atoms with van der Waals surface area (Å²) in [4.78, 5) is 38.0. The lowest BCUT2D eigenvalue weighted by atomic mass is 10.0. The molecule has 76 heavy (non-hydrogen) atoms. The van der Waals surface area contributed by atoms with E-state index in [1.165, 1.54) is 283 Å². The third-order valence-corrected chi connectivity index (χ3v) is 15.7. The van der Waals surface area contributed by atoms with Gasteiger partial charge in [0.1, 0.15) is 13.2 Å². The highest BCUT2D eigenvalue weighted by molar-refractivity contribution is 5.71. The fourth-order valence-electron chi connectivity index (χ4n) is 10.5. The molecule has 1 unspecified atom stereocenters. The van der Waals surface area contributed by atoms with Crippen LogP contribution in [0.1, 0.15) is 387 Å². The lowest BCUT2D eigenvalue weighted by Gasteiger charge is -2.18. The molecule has 0 amide bonds. The Hall–Kier alpha value is -2.11. The predicted molar refractivity (Wildman–Crippen MR) is 330 cm³/mol. The van der Waals surface area contributed by atoms with E-state index < -0.39 is 6.10 Å². The molecule has 0 aromatic carbocycles. The molecule has 0 heterocycles. The third kappa shape index (κ3) is 62.7. The number of unbranched alkanes of at least 4 members (excludes halogenated alkanes) is 49. The van der Waals surface area contributed by atoms with Crippen LogP contribution in [0.25, 0.3) is 0 Å². The highest BCUT2D eigenvalue weighted by Crippen LogP contribution is 2.19. The number of esters is 3. The molecule has 448 valence electrons. The van der Waals surface area contributed by atoms with Crippen LogP contribution in [0.2, 0.25) is 0 Å². The van der Waals surface area contributed by atoms with Crippen LogP contribution in [0.3, 0.4) is 0 Å². The summed E-state index contributed by atoms with van der Waals surface area (Å²) in [5.41, 5.74) is 0. The van der Waals surface area contributed by atoms with E-state index in [9.17, 15) is 14.4 Å². The molecule has 0 radical (unpaired) electrons. The normalized spacial score (nSPS) is 12.1. The van der Waals surface area contributed by atoms with Crippen LogP contribution >= 0.6 is 0 Å². The van der Waals surface area contributed by atoms with E-state index in [0.717, 1.165) is 64.2 Å². The monoisotopic (exact) mass is 1070 g/mol. The van der Waals surface area contributed by atoms with Gasteiger partial charge < -0.3 is 14.2 Å². The Labute approximate surface area is 474 Å². The minimum absolute atomic E-state index is 0.0645. The third-order valence-electron chi connectivity index (χ3n) is 15.7. The molecule has 0 rings (SSSR count). The van der Waals surface area contributed by atoms with Crippen molar-refractivity contribution in [1.82, 2.24) is 0 Å². The maximum atomic E-state index is 12.9. The van der Waals surface area contributed by atoms with Crippen LogP contribution < -0.4 is 0 Å². The van der Waals surface area contributed by atoms with Crippen molar-refractivity contribution in [3.63, 3.8) is 0 Å². The fraction of sp³-hybridized carbons (Fsp3) is 0.900. The lowest BCUT2D eigenvalue weighted by molar-refractivity contribution is -0.167. The molecule has 6 heteroatoms. The average Bonchev–Trinajstić information content (AvgIpc) is 3.42. The summed E-state index contributed by atoms with van der Waals surface area (Å²) >= 11 is 0.